The highest BCUT2D eigenvalue weighted by Gasteiger charge is 2.32. The third-order valence-electron chi connectivity index (χ3n) is 4.92. The molecular weight excluding hydrogens is 414 g/mol. The van der Waals surface area contributed by atoms with Crippen LogP contribution in [0.25, 0.3) is 5.69 Å². The molecule has 3 aromatic rings. The number of sulfonamides is 1. The van der Waals surface area contributed by atoms with Crippen molar-refractivity contribution in [3.05, 3.63) is 78.1 Å². The lowest BCUT2D eigenvalue weighted by Crippen LogP contribution is -2.50. The van der Waals surface area contributed by atoms with E-state index in [9.17, 15) is 22.0 Å². The highest BCUT2D eigenvalue weighted by molar-refractivity contribution is 7.89. The maximum absolute atomic E-state index is 13.9. The molecule has 1 amide bonds. The van der Waals surface area contributed by atoms with E-state index >= 15 is 0 Å². The molecule has 1 aliphatic heterocycles. The van der Waals surface area contributed by atoms with Gasteiger partial charge in [-0.25, -0.2) is 21.9 Å². The van der Waals surface area contributed by atoms with Gasteiger partial charge in [0.2, 0.25) is 10.0 Å². The molecule has 0 saturated carbocycles. The molecule has 156 valence electrons. The van der Waals surface area contributed by atoms with Crippen molar-refractivity contribution in [2.45, 2.75) is 4.90 Å². The van der Waals surface area contributed by atoms with Crippen LogP contribution in [0.15, 0.2) is 65.8 Å². The zero-order chi connectivity index (χ0) is 21.3. The third kappa shape index (κ3) is 3.83. The Morgan fingerprint density at radius 3 is 2.30 bits per heavy atom. The Bertz CT molecular complexity index is 1160. The molecule has 1 aliphatic rings. The summed E-state index contributed by atoms with van der Waals surface area (Å²) in [6.45, 7) is 0.288. The van der Waals surface area contributed by atoms with Crippen molar-refractivity contribution in [2.75, 3.05) is 26.2 Å². The Morgan fingerprint density at radius 1 is 0.967 bits per heavy atom. The maximum atomic E-state index is 13.9. The topological polar surface area (TPSA) is 75.5 Å². The van der Waals surface area contributed by atoms with Gasteiger partial charge in [0.1, 0.15) is 16.5 Å². The van der Waals surface area contributed by atoms with Crippen LogP contribution in [0.3, 0.4) is 0 Å². The van der Waals surface area contributed by atoms with Gasteiger partial charge in [-0.3, -0.25) is 4.79 Å². The lowest BCUT2D eigenvalue weighted by atomic mass is 10.1. The lowest BCUT2D eigenvalue weighted by molar-refractivity contribution is 0.0697. The second-order valence-corrected chi connectivity index (χ2v) is 8.67. The van der Waals surface area contributed by atoms with Crippen molar-refractivity contribution < 1.29 is 22.0 Å². The molecule has 1 aromatic heterocycles. The minimum atomic E-state index is -4.19. The fraction of sp³-hybridized carbons (Fsp3) is 0.200. The van der Waals surface area contributed by atoms with E-state index in [0.717, 1.165) is 22.1 Å². The molecule has 0 bridgehead atoms. The Kier molecular flexibility index (Phi) is 5.35. The molecule has 0 N–H and O–H groups in total. The van der Waals surface area contributed by atoms with Gasteiger partial charge in [0.15, 0.2) is 0 Å². The second kappa shape index (κ2) is 7.96. The number of halogens is 2. The summed E-state index contributed by atoms with van der Waals surface area (Å²) < 4.78 is 55.4. The number of hydrogen-bond acceptors (Lipinski definition) is 4. The van der Waals surface area contributed by atoms with E-state index in [1.54, 1.807) is 47.4 Å². The van der Waals surface area contributed by atoms with Gasteiger partial charge in [0.25, 0.3) is 5.91 Å². The molecule has 0 spiro atoms. The predicted molar refractivity (Wildman–Crippen MR) is 105 cm³/mol. The van der Waals surface area contributed by atoms with Crippen LogP contribution >= 0.6 is 0 Å². The molecule has 30 heavy (non-hydrogen) atoms. The van der Waals surface area contributed by atoms with Gasteiger partial charge in [0.05, 0.1) is 5.69 Å². The summed E-state index contributed by atoms with van der Waals surface area (Å²) >= 11 is 0. The Balaban J connectivity index is 1.44. The van der Waals surface area contributed by atoms with E-state index in [0.29, 0.717) is 11.6 Å². The first-order valence-corrected chi connectivity index (χ1v) is 10.6. The largest absolute Gasteiger partial charge is 0.336 e. The predicted octanol–water partition coefficient (Wildman–Crippen LogP) is 2.30. The summed E-state index contributed by atoms with van der Waals surface area (Å²) in [7, 11) is -4.19. The summed E-state index contributed by atoms with van der Waals surface area (Å²) in [6.07, 6.45) is 3.44. The van der Waals surface area contributed by atoms with Crippen LogP contribution in [0, 0.1) is 11.6 Å². The third-order valence-corrected chi connectivity index (χ3v) is 6.83. The molecule has 10 heteroatoms. The fourth-order valence-electron chi connectivity index (χ4n) is 3.31. The molecule has 1 saturated heterocycles. The van der Waals surface area contributed by atoms with Crippen molar-refractivity contribution in [1.29, 1.82) is 0 Å². The van der Waals surface area contributed by atoms with E-state index in [1.807, 2.05) is 0 Å². The highest BCUT2D eigenvalue weighted by Crippen LogP contribution is 2.22. The monoisotopic (exact) mass is 432 g/mol. The van der Waals surface area contributed by atoms with Crippen molar-refractivity contribution in [1.82, 2.24) is 19.0 Å². The SMILES string of the molecule is O=C(c1ccc(-n2cccn2)cc1)N1CCN(S(=O)(=O)c2cc(F)ccc2F)CC1. The summed E-state index contributed by atoms with van der Waals surface area (Å²) in [5, 5.41) is 4.13. The number of nitrogens with zero attached hydrogens (tertiary/aromatic N) is 4. The van der Waals surface area contributed by atoms with Gasteiger partial charge in [0, 0.05) is 44.1 Å². The quantitative estimate of drug-likeness (QED) is 0.634. The number of hydrogen-bond donors (Lipinski definition) is 0. The number of amides is 1. The van der Waals surface area contributed by atoms with E-state index in [2.05, 4.69) is 5.10 Å². The van der Waals surface area contributed by atoms with Crippen LogP contribution in [-0.4, -0.2) is 59.5 Å². The van der Waals surface area contributed by atoms with Crippen LogP contribution in [0.1, 0.15) is 10.4 Å². The number of benzene rings is 2. The second-order valence-electron chi connectivity index (χ2n) is 6.77. The van der Waals surface area contributed by atoms with Crippen LogP contribution in [0.4, 0.5) is 8.78 Å². The van der Waals surface area contributed by atoms with Crippen LogP contribution < -0.4 is 0 Å². The van der Waals surface area contributed by atoms with Crippen LogP contribution in [0.2, 0.25) is 0 Å². The zero-order valence-corrected chi connectivity index (χ0v) is 16.6. The van der Waals surface area contributed by atoms with Gasteiger partial charge >= 0.3 is 0 Å². The molecule has 0 unspecified atom stereocenters. The normalized spacial score (nSPS) is 15.3. The van der Waals surface area contributed by atoms with Gasteiger partial charge < -0.3 is 4.90 Å². The minimum Gasteiger partial charge on any atom is -0.336 e. The molecule has 0 aliphatic carbocycles. The van der Waals surface area contributed by atoms with Gasteiger partial charge in [-0.2, -0.15) is 9.40 Å². The first kappa shape index (κ1) is 20.2. The van der Waals surface area contributed by atoms with E-state index in [1.165, 1.54) is 4.90 Å². The zero-order valence-electron chi connectivity index (χ0n) is 15.8. The molecule has 7 nitrogen and oxygen atoms in total. The van der Waals surface area contributed by atoms with Crippen LogP contribution in [0.5, 0.6) is 0 Å². The van der Waals surface area contributed by atoms with Crippen LogP contribution in [-0.2, 0) is 10.0 Å². The number of carbonyl (C=O) groups is 1. The fourth-order valence-corrected chi connectivity index (χ4v) is 4.80. The maximum Gasteiger partial charge on any atom is 0.253 e. The van der Waals surface area contributed by atoms with Gasteiger partial charge in [-0.15, -0.1) is 0 Å². The van der Waals surface area contributed by atoms with Gasteiger partial charge in [-0.05, 0) is 48.5 Å². The lowest BCUT2D eigenvalue weighted by Gasteiger charge is -2.34. The molecule has 1 fully saturated rings. The Morgan fingerprint density at radius 2 is 1.67 bits per heavy atom. The first-order chi connectivity index (χ1) is 14.4. The Labute approximate surface area is 172 Å². The van der Waals surface area contributed by atoms with Gasteiger partial charge in [-0.1, -0.05) is 0 Å². The summed E-state index contributed by atoms with van der Waals surface area (Å²) in [5.41, 5.74) is 1.28. The molecule has 0 atom stereocenters. The smallest absolute Gasteiger partial charge is 0.253 e. The van der Waals surface area contributed by atoms with Crippen molar-refractivity contribution in [3.8, 4) is 5.69 Å². The van der Waals surface area contributed by atoms with E-state index < -0.39 is 26.6 Å². The number of aromatic nitrogens is 2. The first-order valence-electron chi connectivity index (χ1n) is 9.21. The van der Waals surface area contributed by atoms with Crippen molar-refractivity contribution >= 4 is 15.9 Å². The highest BCUT2D eigenvalue weighted by atomic mass is 32.2. The standard InChI is InChI=1S/C20H18F2N4O3S/c21-16-4-7-18(22)19(14-16)30(28,29)25-12-10-24(11-13-25)20(27)15-2-5-17(6-3-15)26-9-1-8-23-26/h1-9,14H,10-13H2. The number of carbonyl (C=O) groups excluding carboxylic acids is 1. The number of rotatable bonds is 4. The average Bonchev–Trinajstić information content (AvgIpc) is 3.30. The minimum absolute atomic E-state index is 0.00457. The molecular formula is C20H18F2N4O3S. The van der Waals surface area contributed by atoms with Crippen molar-refractivity contribution in [3.63, 3.8) is 0 Å². The average molecular weight is 432 g/mol. The number of piperazine rings is 1. The molecule has 2 heterocycles. The molecule has 0 radical (unpaired) electrons. The molecule has 2 aromatic carbocycles. The summed E-state index contributed by atoms with van der Waals surface area (Å²) in [5.74, 6) is -2.06. The van der Waals surface area contributed by atoms with E-state index in [-0.39, 0.29) is 32.1 Å². The Hall–Kier alpha value is -3.11. The van der Waals surface area contributed by atoms with Crippen molar-refractivity contribution in [2.24, 2.45) is 0 Å². The molecule has 4 rings (SSSR count). The van der Waals surface area contributed by atoms with E-state index in [4.69, 9.17) is 0 Å². The summed E-state index contributed by atoms with van der Waals surface area (Å²) in [4.78, 5) is 13.6. The summed E-state index contributed by atoms with van der Waals surface area (Å²) in [6, 6.07) is 11.0.